The Morgan fingerprint density at radius 2 is 1.10 bits per heavy atom. The van der Waals surface area contributed by atoms with Crippen molar-refractivity contribution in [1.29, 1.82) is 0 Å². The lowest BCUT2D eigenvalue weighted by Crippen LogP contribution is -2.26. The molecule has 1 heterocycles. The van der Waals surface area contributed by atoms with Gasteiger partial charge in [0, 0.05) is 13.1 Å². The van der Waals surface area contributed by atoms with Gasteiger partial charge in [-0.15, -0.1) is 0 Å². The van der Waals surface area contributed by atoms with Gasteiger partial charge in [0.15, 0.2) is 23.3 Å². The minimum atomic E-state index is -2.13. The number of nitrogens with zero attached hydrogens (tertiary/aromatic N) is 2. The zero-order valence-electron chi connectivity index (χ0n) is 10.6. The van der Waals surface area contributed by atoms with E-state index in [9.17, 15) is 22.0 Å². The molecule has 20 heavy (non-hydrogen) atoms. The molecular formula is C11H11F5N2S2. The van der Waals surface area contributed by atoms with E-state index >= 15 is 0 Å². The molecule has 1 aliphatic heterocycles. The highest BCUT2D eigenvalue weighted by Crippen LogP contribution is 2.41. The SMILES string of the molecule is CSN1CCN(SC)C1c1c(F)c(F)c(F)c(F)c1F. The molecule has 0 amide bonds. The van der Waals surface area contributed by atoms with Crippen molar-refractivity contribution in [3.8, 4) is 0 Å². The van der Waals surface area contributed by atoms with Crippen molar-refractivity contribution >= 4 is 23.9 Å². The first kappa shape index (κ1) is 15.9. The Balaban J connectivity index is 2.61. The van der Waals surface area contributed by atoms with E-state index in [1.54, 1.807) is 21.1 Å². The molecule has 1 aromatic rings. The summed E-state index contributed by atoms with van der Waals surface area (Å²) in [6.07, 6.45) is 2.37. The molecule has 9 heteroatoms. The monoisotopic (exact) mass is 330 g/mol. The Morgan fingerprint density at radius 1 is 0.750 bits per heavy atom. The second kappa shape index (κ2) is 6.08. The first-order valence-corrected chi connectivity index (χ1v) is 7.93. The lowest BCUT2D eigenvalue weighted by molar-refractivity contribution is 0.289. The molecule has 0 unspecified atom stereocenters. The summed E-state index contributed by atoms with van der Waals surface area (Å²) < 4.78 is 70.6. The summed E-state index contributed by atoms with van der Waals surface area (Å²) in [5.74, 6) is -9.49. The van der Waals surface area contributed by atoms with E-state index in [0.29, 0.717) is 13.1 Å². The maximum Gasteiger partial charge on any atom is 0.200 e. The van der Waals surface area contributed by atoms with Crippen LogP contribution in [0.25, 0.3) is 0 Å². The van der Waals surface area contributed by atoms with Crippen LogP contribution in [0.3, 0.4) is 0 Å². The molecule has 0 aliphatic carbocycles. The third kappa shape index (κ3) is 2.40. The average Bonchev–Trinajstić information content (AvgIpc) is 2.86. The molecule has 2 rings (SSSR count). The van der Waals surface area contributed by atoms with Gasteiger partial charge >= 0.3 is 0 Å². The van der Waals surface area contributed by atoms with Crippen LogP contribution < -0.4 is 0 Å². The summed E-state index contributed by atoms with van der Waals surface area (Å²) in [5, 5.41) is 0. The van der Waals surface area contributed by atoms with Crippen LogP contribution in [-0.4, -0.2) is 34.2 Å². The van der Waals surface area contributed by atoms with E-state index in [4.69, 9.17) is 0 Å². The van der Waals surface area contributed by atoms with Crippen LogP contribution in [-0.2, 0) is 0 Å². The summed E-state index contributed by atoms with van der Waals surface area (Å²) in [6.45, 7) is 0.929. The van der Waals surface area contributed by atoms with Crippen molar-refractivity contribution in [3.05, 3.63) is 34.6 Å². The van der Waals surface area contributed by atoms with Gasteiger partial charge in [-0.1, -0.05) is 23.9 Å². The van der Waals surface area contributed by atoms with Crippen LogP contribution in [0.1, 0.15) is 11.7 Å². The number of halogens is 5. The van der Waals surface area contributed by atoms with Gasteiger partial charge in [0.05, 0.1) is 5.56 Å². The molecule has 0 aromatic heterocycles. The molecule has 2 nitrogen and oxygen atoms in total. The highest BCUT2D eigenvalue weighted by molar-refractivity contribution is 7.97. The van der Waals surface area contributed by atoms with Gasteiger partial charge in [-0.05, 0) is 12.5 Å². The standard InChI is InChI=1S/C11H11F5N2S2/c1-19-17-3-4-18(20-2)11(17)5-6(12)8(14)10(16)9(15)7(5)13/h11H,3-4H2,1-2H3. The van der Waals surface area contributed by atoms with Crippen LogP contribution in [0.4, 0.5) is 22.0 Å². The Labute approximate surface area is 121 Å². The minimum absolute atomic E-state index is 0.464. The van der Waals surface area contributed by atoms with Crippen molar-refractivity contribution in [1.82, 2.24) is 8.61 Å². The molecule has 0 spiro atoms. The first-order valence-electron chi connectivity index (χ1n) is 5.56. The summed E-state index contributed by atoms with van der Waals surface area (Å²) >= 11 is 2.39. The predicted octanol–water partition coefficient (Wildman–Crippen LogP) is 3.55. The van der Waals surface area contributed by atoms with Gasteiger partial charge in [-0.2, -0.15) is 0 Å². The Hall–Kier alpha value is -0.510. The zero-order valence-corrected chi connectivity index (χ0v) is 12.2. The first-order chi connectivity index (χ1) is 9.43. The van der Waals surface area contributed by atoms with E-state index in [0.717, 1.165) is 0 Å². The number of hydrogen-bond acceptors (Lipinski definition) is 4. The average molecular weight is 330 g/mol. The van der Waals surface area contributed by atoms with Crippen molar-refractivity contribution in [2.45, 2.75) is 6.17 Å². The smallest absolute Gasteiger partial charge is 0.200 e. The predicted molar refractivity (Wildman–Crippen MR) is 69.4 cm³/mol. The van der Waals surface area contributed by atoms with Crippen molar-refractivity contribution < 1.29 is 22.0 Å². The van der Waals surface area contributed by atoms with Crippen molar-refractivity contribution in [2.24, 2.45) is 0 Å². The Morgan fingerprint density at radius 3 is 1.45 bits per heavy atom. The molecule has 112 valence electrons. The fourth-order valence-electron chi connectivity index (χ4n) is 2.10. The Kier molecular flexibility index (Phi) is 4.83. The van der Waals surface area contributed by atoms with E-state index in [1.165, 1.54) is 23.9 Å². The zero-order chi connectivity index (χ0) is 15.0. The highest BCUT2D eigenvalue weighted by Gasteiger charge is 2.40. The summed E-state index contributed by atoms with van der Waals surface area (Å²) in [7, 11) is 0. The number of benzene rings is 1. The van der Waals surface area contributed by atoms with Gasteiger partial charge in [-0.3, -0.25) is 0 Å². The Bertz CT molecular complexity index is 487. The molecule has 1 saturated heterocycles. The fourth-order valence-corrected chi connectivity index (χ4v) is 3.53. The molecule has 0 saturated carbocycles. The third-order valence-corrected chi connectivity index (χ3v) is 4.76. The fraction of sp³-hybridized carbons (Fsp3) is 0.455. The van der Waals surface area contributed by atoms with Gasteiger partial charge in [0.2, 0.25) is 5.82 Å². The molecular weight excluding hydrogens is 319 g/mol. The minimum Gasteiger partial charge on any atom is -0.227 e. The third-order valence-electron chi connectivity index (χ3n) is 3.06. The number of rotatable bonds is 3. The van der Waals surface area contributed by atoms with Gasteiger partial charge in [0.25, 0.3) is 0 Å². The van der Waals surface area contributed by atoms with Gasteiger partial charge in [-0.25, -0.2) is 30.6 Å². The second-order valence-electron chi connectivity index (χ2n) is 4.00. The lowest BCUT2D eigenvalue weighted by Gasteiger charge is -2.28. The van der Waals surface area contributed by atoms with E-state index in [2.05, 4.69) is 0 Å². The largest absolute Gasteiger partial charge is 0.227 e. The van der Waals surface area contributed by atoms with Gasteiger partial charge in [0.1, 0.15) is 6.17 Å². The van der Waals surface area contributed by atoms with E-state index in [-0.39, 0.29) is 0 Å². The summed E-state index contributed by atoms with van der Waals surface area (Å²) in [6, 6.07) is 0. The highest BCUT2D eigenvalue weighted by atomic mass is 32.2. The molecule has 0 bridgehead atoms. The summed E-state index contributed by atoms with van der Waals surface area (Å²) in [5.41, 5.74) is -0.803. The molecule has 1 aromatic carbocycles. The normalized spacial score (nSPS) is 18.1. The van der Waals surface area contributed by atoms with Crippen molar-refractivity contribution in [3.63, 3.8) is 0 Å². The van der Waals surface area contributed by atoms with Crippen LogP contribution in [0.15, 0.2) is 0 Å². The number of hydrogen-bond donors (Lipinski definition) is 0. The topological polar surface area (TPSA) is 6.48 Å². The molecule has 0 atom stereocenters. The van der Waals surface area contributed by atoms with Crippen molar-refractivity contribution in [2.75, 3.05) is 25.6 Å². The maximum absolute atomic E-state index is 13.9. The van der Waals surface area contributed by atoms with E-state index in [1.807, 2.05) is 0 Å². The van der Waals surface area contributed by atoms with Crippen LogP contribution in [0, 0.1) is 29.1 Å². The lowest BCUT2D eigenvalue weighted by atomic mass is 10.1. The van der Waals surface area contributed by atoms with Crippen LogP contribution in [0.2, 0.25) is 0 Å². The second-order valence-corrected chi connectivity index (χ2v) is 5.67. The van der Waals surface area contributed by atoms with Crippen LogP contribution in [0.5, 0.6) is 0 Å². The van der Waals surface area contributed by atoms with Crippen LogP contribution >= 0.6 is 23.9 Å². The molecule has 0 radical (unpaired) electrons. The molecule has 1 fully saturated rings. The van der Waals surface area contributed by atoms with E-state index < -0.39 is 40.8 Å². The quantitative estimate of drug-likeness (QED) is 0.362. The maximum atomic E-state index is 13.9. The molecule has 0 N–H and O–H groups in total. The summed E-state index contributed by atoms with van der Waals surface area (Å²) in [4.78, 5) is 0. The molecule has 1 aliphatic rings. The van der Waals surface area contributed by atoms with Gasteiger partial charge < -0.3 is 0 Å².